The van der Waals surface area contributed by atoms with Crippen molar-refractivity contribution in [2.24, 2.45) is 0 Å². The Hall–Kier alpha value is 0.580. The van der Waals surface area contributed by atoms with Gasteiger partial charge in [-0.15, -0.1) is 11.3 Å². The molecule has 1 aliphatic rings. The molecule has 2 nitrogen and oxygen atoms in total. The van der Waals surface area contributed by atoms with Gasteiger partial charge >= 0.3 is 0 Å². The van der Waals surface area contributed by atoms with Crippen LogP contribution in [0.4, 0.5) is 0 Å². The molecule has 2 rings (SSSR count). The fourth-order valence-electron chi connectivity index (χ4n) is 2.18. The van der Waals surface area contributed by atoms with Crippen LogP contribution in [0, 0.1) is 0 Å². The van der Waals surface area contributed by atoms with Crippen LogP contribution in [0.1, 0.15) is 24.6 Å². The third-order valence-corrected chi connectivity index (χ3v) is 6.55. The van der Waals surface area contributed by atoms with Crippen molar-refractivity contribution in [2.75, 3.05) is 19.6 Å². The van der Waals surface area contributed by atoms with E-state index in [2.05, 4.69) is 55.1 Å². The molecule has 0 atom stereocenters. The van der Waals surface area contributed by atoms with Crippen molar-refractivity contribution in [2.45, 2.75) is 32.4 Å². The van der Waals surface area contributed by atoms with E-state index in [0.717, 1.165) is 6.54 Å². The zero-order valence-electron chi connectivity index (χ0n) is 10.0. The first-order valence-electron chi connectivity index (χ1n) is 6.08. The van der Waals surface area contributed by atoms with Crippen molar-refractivity contribution in [1.29, 1.82) is 0 Å². The molecular formula is C12H18Br2N2S. The summed E-state index contributed by atoms with van der Waals surface area (Å²) in [5.74, 6) is 0. The molecule has 0 spiro atoms. The molecule has 1 saturated heterocycles. The number of halogens is 2. The van der Waals surface area contributed by atoms with Gasteiger partial charge in [0.25, 0.3) is 0 Å². The Morgan fingerprint density at radius 2 is 2.12 bits per heavy atom. The Balaban J connectivity index is 1.75. The fourth-order valence-corrected chi connectivity index (χ4v) is 4.30. The summed E-state index contributed by atoms with van der Waals surface area (Å²) in [5, 5.41) is 3.67. The van der Waals surface area contributed by atoms with Crippen molar-refractivity contribution in [3.8, 4) is 0 Å². The van der Waals surface area contributed by atoms with E-state index in [4.69, 9.17) is 0 Å². The van der Waals surface area contributed by atoms with Crippen LogP contribution in [0.3, 0.4) is 0 Å². The molecule has 0 amide bonds. The molecule has 0 saturated carbocycles. The number of likely N-dealkylation sites (tertiary alicyclic amines) is 1. The molecular weight excluding hydrogens is 364 g/mol. The number of rotatable bonds is 4. The molecule has 1 aromatic rings. The topological polar surface area (TPSA) is 15.3 Å². The highest BCUT2D eigenvalue weighted by atomic mass is 79.9. The maximum absolute atomic E-state index is 3.67. The standard InChI is InChI=1S/C12H18Br2N2S/c1-2-16-5-3-9(4-6-16)15-8-10-7-11(13)12(14)17-10/h7,9,15H,2-6,8H2,1H3. The Kier molecular flexibility index (Phi) is 5.49. The summed E-state index contributed by atoms with van der Waals surface area (Å²) < 4.78 is 2.36. The van der Waals surface area contributed by atoms with Crippen LogP contribution in [-0.2, 0) is 6.54 Å². The lowest BCUT2D eigenvalue weighted by atomic mass is 10.1. The maximum Gasteiger partial charge on any atom is 0.0843 e. The number of nitrogens with one attached hydrogen (secondary N) is 1. The lowest BCUT2D eigenvalue weighted by Gasteiger charge is -2.31. The molecule has 96 valence electrons. The second-order valence-electron chi connectivity index (χ2n) is 4.42. The fraction of sp³-hybridized carbons (Fsp3) is 0.667. The first-order valence-corrected chi connectivity index (χ1v) is 8.48. The highest BCUT2D eigenvalue weighted by Crippen LogP contribution is 2.32. The van der Waals surface area contributed by atoms with Gasteiger partial charge in [-0.2, -0.15) is 0 Å². The van der Waals surface area contributed by atoms with E-state index < -0.39 is 0 Å². The SMILES string of the molecule is CCN1CCC(NCc2cc(Br)c(Br)s2)CC1. The van der Waals surface area contributed by atoms with Crippen LogP contribution in [0.2, 0.25) is 0 Å². The number of piperidine rings is 1. The van der Waals surface area contributed by atoms with Gasteiger partial charge < -0.3 is 10.2 Å². The van der Waals surface area contributed by atoms with Gasteiger partial charge in [0.05, 0.1) is 3.79 Å². The average Bonchev–Trinajstić information content (AvgIpc) is 2.67. The Bertz CT molecular complexity index is 340. The summed E-state index contributed by atoms with van der Waals surface area (Å²) in [4.78, 5) is 3.91. The smallest absolute Gasteiger partial charge is 0.0843 e. The molecule has 1 fully saturated rings. The van der Waals surface area contributed by atoms with E-state index in [-0.39, 0.29) is 0 Å². The van der Waals surface area contributed by atoms with Gasteiger partial charge in [-0.1, -0.05) is 6.92 Å². The molecule has 1 aromatic heterocycles. The first kappa shape index (κ1) is 14.0. The predicted octanol–water partition coefficient (Wildman–Crippen LogP) is 3.85. The van der Waals surface area contributed by atoms with Crippen molar-refractivity contribution in [3.05, 3.63) is 19.2 Å². The van der Waals surface area contributed by atoms with Crippen LogP contribution in [-0.4, -0.2) is 30.6 Å². The third-order valence-electron chi connectivity index (χ3n) is 3.30. The monoisotopic (exact) mass is 380 g/mol. The van der Waals surface area contributed by atoms with E-state index in [0.29, 0.717) is 6.04 Å². The highest BCUT2D eigenvalue weighted by molar-refractivity contribution is 9.13. The zero-order valence-corrected chi connectivity index (χ0v) is 14.0. The van der Waals surface area contributed by atoms with Crippen molar-refractivity contribution in [1.82, 2.24) is 10.2 Å². The number of hydrogen-bond acceptors (Lipinski definition) is 3. The Morgan fingerprint density at radius 3 is 2.65 bits per heavy atom. The van der Waals surface area contributed by atoms with Crippen molar-refractivity contribution >= 4 is 43.2 Å². The summed E-state index contributed by atoms with van der Waals surface area (Å²) >= 11 is 8.87. The minimum Gasteiger partial charge on any atom is -0.309 e. The average molecular weight is 382 g/mol. The predicted molar refractivity (Wildman–Crippen MR) is 81.7 cm³/mol. The van der Waals surface area contributed by atoms with Gasteiger partial charge in [0, 0.05) is 21.9 Å². The number of hydrogen-bond donors (Lipinski definition) is 1. The molecule has 0 bridgehead atoms. The maximum atomic E-state index is 3.67. The second-order valence-corrected chi connectivity index (χ2v) is 7.73. The zero-order chi connectivity index (χ0) is 12.3. The van der Waals surface area contributed by atoms with Gasteiger partial charge in [0.2, 0.25) is 0 Å². The molecule has 17 heavy (non-hydrogen) atoms. The molecule has 0 aliphatic carbocycles. The number of nitrogens with zero attached hydrogens (tertiary/aromatic N) is 1. The van der Waals surface area contributed by atoms with Crippen LogP contribution in [0.5, 0.6) is 0 Å². The van der Waals surface area contributed by atoms with Gasteiger partial charge in [-0.25, -0.2) is 0 Å². The van der Waals surface area contributed by atoms with E-state index in [1.807, 2.05) is 0 Å². The largest absolute Gasteiger partial charge is 0.309 e. The number of thiophene rings is 1. The third kappa shape index (κ3) is 4.03. The van der Waals surface area contributed by atoms with Gasteiger partial charge in [-0.05, 0) is 70.4 Å². The molecule has 1 aliphatic heterocycles. The van der Waals surface area contributed by atoms with Gasteiger partial charge in [0.15, 0.2) is 0 Å². The quantitative estimate of drug-likeness (QED) is 0.852. The van der Waals surface area contributed by atoms with E-state index >= 15 is 0 Å². The van der Waals surface area contributed by atoms with E-state index in [9.17, 15) is 0 Å². The molecule has 0 unspecified atom stereocenters. The Morgan fingerprint density at radius 1 is 1.41 bits per heavy atom. The van der Waals surface area contributed by atoms with Crippen LogP contribution in [0.25, 0.3) is 0 Å². The molecule has 5 heteroatoms. The van der Waals surface area contributed by atoms with E-state index in [1.165, 1.54) is 45.6 Å². The van der Waals surface area contributed by atoms with Crippen molar-refractivity contribution < 1.29 is 0 Å². The normalized spacial score (nSPS) is 18.8. The molecule has 0 radical (unpaired) electrons. The molecule has 0 aromatic carbocycles. The summed E-state index contributed by atoms with van der Waals surface area (Å²) in [6.45, 7) is 6.91. The summed E-state index contributed by atoms with van der Waals surface area (Å²) in [6.07, 6.45) is 2.56. The summed E-state index contributed by atoms with van der Waals surface area (Å²) in [7, 11) is 0. The Labute approximate surface area is 124 Å². The van der Waals surface area contributed by atoms with Crippen molar-refractivity contribution in [3.63, 3.8) is 0 Å². The molecule has 2 heterocycles. The summed E-state index contributed by atoms with van der Waals surface area (Å²) in [6, 6.07) is 2.89. The minimum absolute atomic E-state index is 0.692. The molecule has 1 N–H and O–H groups in total. The second kappa shape index (κ2) is 6.66. The van der Waals surface area contributed by atoms with Crippen LogP contribution < -0.4 is 5.32 Å². The van der Waals surface area contributed by atoms with Crippen LogP contribution in [0.15, 0.2) is 14.3 Å². The highest BCUT2D eigenvalue weighted by Gasteiger charge is 2.17. The first-order chi connectivity index (χ1) is 8.19. The lowest BCUT2D eigenvalue weighted by molar-refractivity contribution is 0.206. The minimum atomic E-state index is 0.692. The summed E-state index contributed by atoms with van der Waals surface area (Å²) in [5.41, 5.74) is 0. The van der Waals surface area contributed by atoms with Gasteiger partial charge in [0.1, 0.15) is 0 Å². The lowest BCUT2D eigenvalue weighted by Crippen LogP contribution is -2.41. The van der Waals surface area contributed by atoms with E-state index in [1.54, 1.807) is 11.3 Å². The van der Waals surface area contributed by atoms with Crippen LogP contribution >= 0.6 is 43.2 Å². The van der Waals surface area contributed by atoms with Gasteiger partial charge in [-0.3, -0.25) is 0 Å².